The lowest BCUT2D eigenvalue weighted by atomic mass is 10.3. The summed E-state index contributed by atoms with van der Waals surface area (Å²) in [6.07, 6.45) is -0.551. The van der Waals surface area contributed by atoms with Crippen LogP contribution in [-0.2, 0) is 14.2 Å². The second-order valence-electron chi connectivity index (χ2n) is 1.85. The lowest BCUT2D eigenvalue weighted by Gasteiger charge is -2.21. The summed E-state index contributed by atoms with van der Waals surface area (Å²) in [5.74, 6) is 0. The van der Waals surface area contributed by atoms with E-state index in [9.17, 15) is 0 Å². The molecule has 2 N–H and O–H groups in total. The van der Waals surface area contributed by atoms with Crippen LogP contribution in [0.1, 0.15) is 0 Å². The summed E-state index contributed by atoms with van der Waals surface area (Å²) in [7, 11) is 4.67. The number of nitrogens with two attached hydrogens (primary N) is 1. The zero-order valence-electron chi connectivity index (χ0n) is 6.66. The SMILES string of the molecule is COC(CN)C(OC)OC. The predicted octanol–water partition coefficient (Wildman–Crippen LogP) is -0.421. The first-order valence-corrected chi connectivity index (χ1v) is 3.08. The second-order valence-corrected chi connectivity index (χ2v) is 1.85. The third-order valence-electron chi connectivity index (χ3n) is 1.30. The Bertz CT molecular complexity index is 61.4. The Balaban J connectivity index is 3.70. The van der Waals surface area contributed by atoms with Crippen LogP contribution in [0, 0.1) is 0 Å². The van der Waals surface area contributed by atoms with Crippen molar-refractivity contribution in [1.82, 2.24) is 0 Å². The number of ether oxygens (including phenoxy) is 3. The maximum absolute atomic E-state index is 5.35. The van der Waals surface area contributed by atoms with Gasteiger partial charge in [-0.05, 0) is 0 Å². The fourth-order valence-corrected chi connectivity index (χ4v) is 0.718. The van der Waals surface area contributed by atoms with Crippen molar-refractivity contribution >= 4 is 0 Å². The molecule has 0 aromatic heterocycles. The fourth-order valence-electron chi connectivity index (χ4n) is 0.718. The van der Waals surface area contributed by atoms with Gasteiger partial charge >= 0.3 is 0 Å². The molecule has 1 atom stereocenters. The van der Waals surface area contributed by atoms with Crippen molar-refractivity contribution in [3.05, 3.63) is 0 Å². The van der Waals surface area contributed by atoms with Crippen LogP contribution < -0.4 is 5.73 Å². The van der Waals surface area contributed by atoms with Crippen LogP contribution in [0.25, 0.3) is 0 Å². The minimum absolute atomic E-state index is 0.185. The van der Waals surface area contributed by atoms with Crippen LogP contribution >= 0.6 is 0 Å². The maximum Gasteiger partial charge on any atom is 0.184 e. The molecule has 0 saturated heterocycles. The molecule has 0 heterocycles. The number of hydrogen-bond acceptors (Lipinski definition) is 4. The van der Waals surface area contributed by atoms with Crippen LogP contribution in [0.5, 0.6) is 0 Å². The highest BCUT2D eigenvalue weighted by molar-refractivity contribution is 4.61. The van der Waals surface area contributed by atoms with E-state index in [1.807, 2.05) is 0 Å². The Morgan fingerprint density at radius 3 is 1.70 bits per heavy atom. The van der Waals surface area contributed by atoms with Gasteiger partial charge in [0.05, 0.1) is 0 Å². The van der Waals surface area contributed by atoms with Gasteiger partial charge in [-0.1, -0.05) is 0 Å². The molecule has 0 bridgehead atoms. The maximum atomic E-state index is 5.35. The summed E-state index contributed by atoms with van der Waals surface area (Å²) in [6.45, 7) is 0.392. The molecule has 0 amide bonds. The quantitative estimate of drug-likeness (QED) is 0.539. The van der Waals surface area contributed by atoms with E-state index in [4.69, 9.17) is 19.9 Å². The molecular formula is C6H15NO3. The van der Waals surface area contributed by atoms with Gasteiger partial charge in [0.1, 0.15) is 6.10 Å². The van der Waals surface area contributed by atoms with Gasteiger partial charge in [-0.3, -0.25) is 0 Å². The Kier molecular flexibility index (Phi) is 5.52. The average Bonchev–Trinajstić information content (AvgIpc) is 2.00. The van der Waals surface area contributed by atoms with Gasteiger partial charge in [-0.15, -0.1) is 0 Å². The highest BCUT2D eigenvalue weighted by Gasteiger charge is 2.17. The van der Waals surface area contributed by atoms with E-state index in [1.54, 1.807) is 21.3 Å². The van der Waals surface area contributed by atoms with E-state index in [0.29, 0.717) is 6.54 Å². The summed E-state index contributed by atoms with van der Waals surface area (Å²) in [5, 5.41) is 0. The zero-order valence-corrected chi connectivity index (χ0v) is 6.66. The zero-order chi connectivity index (χ0) is 7.98. The monoisotopic (exact) mass is 149 g/mol. The average molecular weight is 149 g/mol. The summed E-state index contributed by atoms with van der Waals surface area (Å²) in [6, 6.07) is 0. The molecule has 0 rings (SSSR count). The second kappa shape index (κ2) is 5.61. The molecule has 4 heteroatoms. The molecule has 1 unspecified atom stereocenters. The van der Waals surface area contributed by atoms with Crippen molar-refractivity contribution < 1.29 is 14.2 Å². The van der Waals surface area contributed by atoms with Gasteiger partial charge in [0.15, 0.2) is 6.29 Å². The molecule has 0 aliphatic carbocycles. The predicted molar refractivity (Wildman–Crippen MR) is 37.7 cm³/mol. The summed E-state index contributed by atoms with van der Waals surface area (Å²) < 4.78 is 14.8. The molecule has 10 heavy (non-hydrogen) atoms. The smallest absolute Gasteiger partial charge is 0.184 e. The standard InChI is InChI=1S/C6H15NO3/c1-8-5(4-7)6(9-2)10-3/h5-6H,4,7H2,1-3H3. The molecule has 62 valence electrons. The Hall–Kier alpha value is -0.160. The van der Waals surface area contributed by atoms with Crippen molar-refractivity contribution in [3.8, 4) is 0 Å². The van der Waals surface area contributed by atoms with Crippen molar-refractivity contribution in [2.24, 2.45) is 5.73 Å². The number of rotatable bonds is 5. The lowest BCUT2D eigenvalue weighted by molar-refractivity contribution is -0.169. The molecular weight excluding hydrogens is 134 g/mol. The summed E-state index contributed by atoms with van der Waals surface area (Å²) >= 11 is 0. The first-order valence-electron chi connectivity index (χ1n) is 3.08. The minimum atomic E-state index is -0.366. The van der Waals surface area contributed by atoms with Crippen LogP contribution in [0.4, 0.5) is 0 Å². The van der Waals surface area contributed by atoms with Crippen LogP contribution in [-0.4, -0.2) is 40.3 Å². The van der Waals surface area contributed by atoms with Gasteiger partial charge in [-0.2, -0.15) is 0 Å². The van der Waals surface area contributed by atoms with E-state index >= 15 is 0 Å². The Morgan fingerprint density at radius 2 is 1.60 bits per heavy atom. The number of hydrogen-bond donors (Lipinski definition) is 1. The molecule has 0 aromatic carbocycles. The van der Waals surface area contributed by atoms with E-state index in [2.05, 4.69) is 0 Å². The summed E-state index contributed by atoms with van der Waals surface area (Å²) in [4.78, 5) is 0. The minimum Gasteiger partial charge on any atom is -0.375 e. The molecule has 0 radical (unpaired) electrons. The van der Waals surface area contributed by atoms with Crippen molar-refractivity contribution in [2.45, 2.75) is 12.4 Å². The van der Waals surface area contributed by atoms with Gasteiger partial charge in [0.2, 0.25) is 0 Å². The third kappa shape index (κ3) is 2.62. The van der Waals surface area contributed by atoms with Gasteiger partial charge in [0.25, 0.3) is 0 Å². The molecule has 0 saturated carbocycles. The summed E-state index contributed by atoms with van der Waals surface area (Å²) in [5.41, 5.74) is 5.35. The highest BCUT2D eigenvalue weighted by Crippen LogP contribution is 2.00. The fraction of sp³-hybridized carbons (Fsp3) is 1.00. The van der Waals surface area contributed by atoms with Gasteiger partial charge < -0.3 is 19.9 Å². The molecule has 0 fully saturated rings. The van der Waals surface area contributed by atoms with Gasteiger partial charge in [0, 0.05) is 27.9 Å². The molecule has 0 aliphatic rings. The van der Waals surface area contributed by atoms with E-state index < -0.39 is 0 Å². The number of methoxy groups -OCH3 is 3. The van der Waals surface area contributed by atoms with E-state index in [0.717, 1.165) is 0 Å². The highest BCUT2D eigenvalue weighted by atomic mass is 16.7. The van der Waals surface area contributed by atoms with E-state index in [-0.39, 0.29) is 12.4 Å². The normalized spacial score (nSPS) is 14.1. The van der Waals surface area contributed by atoms with Crippen LogP contribution in [0.3, 0.4) is 0 Å². The Morgan fingerprint density at radius 1 is 1.10 bits per heavy atom. The lowest BCUT2D eigenvalue weighted by Crippen LogP contribution is -2.37. The molecule has 0 aliphatic heterocycles. The van der Waals surface area contributed by atoms with Gasteiger partial charge in [-0.25, -0.2) is 0 Å². The topological polar surface area (TPSA) is 53.7 Å². The van der Waals surface area contributed by atoms with Crippen LogP contribution in [0.15, 0.2) is 0 Å². The van der Waals surface area contributed by atoms with Crippen molar-refractivity contribution in [1.29, 1.82) is 0 Å². The van der Waals surface area contributed by atoms with Crippen molar-refractivity contribution in [2.75, 3.05) is 27.9 Å². The van der Waals surface area contributed by atoms with E-state index in [1.165, 1.54) is 0 Å². The molecule has 0 spiro atoms. The largest absolute Gasteiger partial charge is 0.375 e. The third-order valence-corrected chi connectivity index (χ3v) is 1.30. The van der Waals surface area contributed by atoms with Crippen molar-refractivity contribution in [3.63, 3.8) is 0 Å². The molecule has 0 aromatic rings. The van der Waals surface area contributed by atoms with Crippen LogP contribution in [0.2, 0.25) is 0 Å². The molecule has 4 nitrogen and oxygen atoms in total. The first kappa shape index (κ1) is 9.84. The first-order chi connectivity index (χ1) is 4.79. The Labute approximate surface area is 61.2 Å².